The predicted molar refractivity (Wildman–Crippen MR) is 84.1 cm³/mol. The highest BCUT2D eigenvalue weighted by molar-refractivity contribution is 9.10. The summed E-state index contributed by atoms with van der Waals surface area (Å²) < 4.78 is 12.1. The number of rotatable bonds is 6. The van der Waals surface area contributed by atoms with Crippen LogP contribution in [-0.2, 0) is 11.3 Å². The van der Waals surface area contributed by atoms with Crippen molar-refractivity contribution in [3.05, 3.63) is 40.1 Å². The number of aryl methyl sites for hydroxylation is 1. The van der Waals surface area contributed by atoms with Crippen molar-refractivity contribution in [3.63, 3.8) is 0 Å². The minimum absolute atomic E-state index is 0.307. The van der Waals surface area contributed by atoms with Crippen LogP contribution in [0.4, 0.5) is 5.82 Å². The molecule has 1 heterocycles. The van der Waals surface area contributed by atoms with Gasteiger partial charge in [0.2, 0.25) is 5.88 Å². The van der Waals surface area contributed by atoms with E-state index in [1.807, 2.05) is 32.0 Å². The van der Waals surface area contributed by atoms with Crippen molar-refractivity contribution in [2.24, 2.45) is 5.84 Å². The van der Waals surface area contributed by atoms with Crippen molar-refractivity contribution in [2.75, 3.05) is 12.0 Å². The van der Waals surface area contributed by atoms with Crippen LogP contribution in [0.3, 0.4) is 0 Å². The van der Waals surface area contributed by atoms with Gasteiger partial charge >= 0.3 is 0 Å². The first-order valence-electron chi connectivity index (χ1n) is 6.48. The lowest BCUT2D eigenvalue weighted by molar-refractivity contribution is 0.128. The summed E-state index contributed by atoms with van der Waals surface area (Å²) in [6, 6.07) is 7.39. The molecule has 0 amide bonds. The van der Waals surface area contributed by atoms with Gasteiger partial charge in [-0.3, -0.25) is 0 Å². The first kappa shape index (κ1) is 15.7. The Balaban J connectivity index is 2.25. The molecule has 0 aliphatic heterocycles. The lowest BCUT2D eigenvalue weighted by Crippen LogP contribution is -2.11. The Bertz CT molecular complexity index is 622. The number of aromatic nitrogens is 2. The Hall–Kier alpha value is -1.70. The number of ether oxygens (including phenoxy) is 2. The number of nitrogens with two attached hydrogens (primary N) is 1. The summed E-state index contributed by atoms with van der Waals surface area (Å²) in [6.07, 6.45) is 0. The molecule has 2 rings (SSSR count). The number of anilines is 1. The van der Waals surface area contributed by atoms with Crippen LogP contribution in [0.2, 0.25) is 0 Å². The van der Waals surface area contributed by atoms with Crippen LogP contribution in [0.25, 0.3) is 0 Å². The zero-order valence-electron chi connectivity index (χ0n) is 11.9. The standard InChI is InChI=1S/C14H17BrN4O2/c1-3-20-8-13-17-12(19-16)7-14(18-13)21-11-5-4-10(15)6-9(11)2/h4-7H,3,8,16H2,1-2H3,(H,17,18,19). The van der Waals surface area contributed by atoms with Crippen molar-refractivity contribution in [2.45, 2.75) is 20.5 Å². The van der Waals surface area contributed by atoms with Crippen molar-refractivity contribution in [1.29, 1.82) is 0 Å². The van der Waals surface area contributed by atoms with Crippen molar-refractivity contribution in [3.8, 4) is 11.6 Å². The third kappa shape index (κ3) is 4.38. The Morgan fingerprint density at radius 1 is 1.29 bits per heavy atom. The van der Waals surface area contributed by atoms with Crippen LogP contribution in [-0.4, -0.2) is 16.6 Å². The fourth-order valence-electron chi connectivity index (χ4n) is 1.70. The molecule has 0 atom stereocenters. The molecule has 6 nitrogen and oxygen atoms in total. The first-order chi connectivity index (χ1) is 10.1. The van der Waals surface area contributed by atoms with E-state index in [0.29, 0.717) is 30.7 Å². The average molecular weight is 353 g/mol. The number of benzene rings is 1. The number of halogens is 1. The van der Waals surface area contributed by atoms with Crippen LogP contribution in [0.5, 0.6) is 11.6 Å². The molecule has 0 bridgehead atoms. The maximum absolute atomic E-state index is 5.80. The van der Waals surface area contributed by atoms with Gasteiger partial charge in [0, 0.05) is 17.1 Å². The lowest BCUT2D eigenvalue weighted by atomic mass is 10.2. The van der Waals surface area contributed by atoms with Gasteiger partial charge in [-0.2, -0.15) is 4.98 Å². The zero-order valence-corrected chi connectivity index (χ0v) is 13.5. The van der Waals surface area contributed by atoms with Gasteiger partial charge in [-0.25, -0.2) is 10.8 Å². The number of hydrogen-bond donors (Lipinski definition) is 2. The van der Waals surface area contributed by atoms with Crippen LogP contribution >= 0.6 is 15.9 Å². The minimum Gasteiger partial charge on any atom is -0.439 e. The van der Waals surface area contributed by atoms with Gasteiger partial charge in [0.25, 0.3) is 0 Å². The highest BCUT2D eigenvalue weighted by Gasteiger charge is 2.08. The molecule has 0 spiro atoms. The molecule has 21 heavy (non-hydrogen) atoms. The van der Waals surface area contributed by atoms with E-state index in [2.05, 4.69) is 31.3 Å². The second-order valence-electron chi connectivity index (χ2n) is 4.30. The summed E-state index contributed by atoms with van der Waals surface area (Å²) in [5, 5.41) is 0. The first-order valence-corrected chi connectivity index (χ1v) is 7.28. The molecule has 112 valence electrons. The molecule has 0 aliphatic rings. The molecular formula is C14H17BrN4O2. The Kier molecular flexibility index (Phi) is 5.49. The van der Waals surface area contributed by atoms with E-state index in [-0.39, 0.29) is 0 Å². The molecule has 1 aromatic carbocycles. The summed E-state index contributed by atoms with van der Waals surface area (Å²) in [5.74, 6) is 7.54. The second-order valence-corrected chi connectivity index (χ2v) is 5.22. The normalized spacial score (nSPS) is 10.5. The summed E-state index contributed by atoms with van der Waals surface area (Å²) in [4.78, 5) is 8.52. The molecule has 0 saturated heterocycles. The van der Waals surface area contributed by atoms with E-state index < -0.39 is 0 Å². The molecular weight excluding hydrogens is 336 g/mol. The quantitative estimate of drug-likeness (QED) is 0.613. The predicted octanol–water partition coefficient (Wildman–Crippen LogP) is 3.16. The maximum atomic E-state index is 5.80. The van der Waals surface area contributed by atoms with Crippen LogP contribution in [0.1, 0.15) is 18.3 Å². The fourth-order valence-corrected chi connectivity index (χ4v) is 2.17. The number of hydrazine groups is 1. The molecule has 0 radical (unpaired) electrons. The zero-order chi connectivity index (χ0) is 15.2. The van der Waals surface area contributed by atoms with E-state index >= 15 is 0 Å². The largest absolute Gasteiger partial charge is 0.439 e. The summed E-state index contributed by atoms with van der Waals surface area (Å²) in [7, 11) is 0. The molecule has 3 N–H and O–H groups in total. The van der Waals surface area contributed by atoms with E-state index in [9.17, 15) is 0 Å². The van der Waals surface area contributed by atoms with Gasteiger partial charge in [-0.1, -0.05) is 15.9 Å². The smallest absolute Gasteiger partial charge is 0.224 e. The fraction of sp³-hybridized carbons (Fsp3) is 0.286. The van der Waals surface area contributed by atoms with Crippen molar-refractivity contribution < 1.29 is 9.47 Å². The molecule has 0 saturated carbocycles. The van der Waals surface area contributed by atoms with Crippen molar-refractivity contribution >= 4 is 21.7 Å². The van der Waals surface area contributed by atoms with Gasteiger partial charge in [-0.15, -0.1) is 0 Å². The molecule has 2 aromatic rings. The minimum atomic E-state index is 0.307. The Morgan fingerprint density at radius 2 is 2.10 bits per heavy atom. The lowest BCUT2D eigenvalue weighted by Gasteiger charge is -2.11. The summed E-state index contributed by atoms with van der Waals surface area (Å²) in [5.41, 5.74) is 3.50. The third-order valence-electron chi connectivity index (χ3n) is 2.68. The Labute approximate surface area is 131 Å². The van der Waals surface area contributed by atoms with Crippen LogP contribution in [0, 0.1) is 6.92 Å². The SMILES string of the molecule is CCOCc1nc(NN)cc(Oc2ccc(Br)cc2C)n1. The van der Waals surface area contributed by atoms with Crippen LogP contribution < -0.4 is 16.0 Å². The molecule has 0 aliphatic carbocycles. The summed E-state index contributed by atoms with van der Waals surface area (Å²) in [6.45, 7) is 4.77. The number of nitrogens with zero attached hydrogens (tertiary/aromatic N) is 2. The maximum Gasteiger partial charge on any atom is 0.224 e. The van der Waals surface area contributed by atoms with Gasteiger partial charge in [0.05, 0.1) is 0 Å². The Morgan fingerprint density at radius 3 is 2.76 bits per heavy atom. The molecule has 1 aromatic heterocycles. The molecule has 0 fully saturated rings. The second kappa shape index (κ2) is 7.35. The third-order valence-corrected chi connectivity index (χ3v) is 3.18. The molecule has 0 unspecified atom stereocenters. The van der Waals surface area contributed by atoms with Crippen molar-refractivity contribution in [1.82, 2.24) is 9.97 Å². The van der Waals surface area contributed by atoms with Gasteiger partial charge in [-0.05, 0) is 37.6 Å². The molecule has 7 heteroatoms. The number of nitrogens with one attached hydrogen (secondary N) is 1. The van der Waals surface area contributed by atoms with Gasteiger partial charge < -0.3 is 14.9 Å². The van der Waals surface area contributed by atoms with Crippen LogP contribution in [0.15, 0.2) is 28.7 Å². The van der Waals surface area contributed by atoms with E-state index in [0.717, 1.165) is 15.8 Å². The average Bonchev–Trinajstić information content (AvgIpc) is 2.48. The number of hydrogen-bond acceptors (Lipinski definition) is 6. The van der Waals surface area contributed by atoms with Gasteiger partial charge in [0.1, 0.15) is 18.2 Å². The monoisotopic (exact) mass is 352 g/mol. The van der Waals surface area contributed by atoms with E-state index in [4.69, 9.17) is 15.3 Å². The highest BCUT2D eigenvalue weighted by atomic mass is 79.9. The highest BCUT2D eigenvalue weighted by Crippen LogP contribution is 2.27. The van der Waals surface area contributed by atoms with E-state index in [1.54, 1.807) is 6.07 Å². The topological polar surface area (TPSA) is 82.3 Å². The number of nitrogen functional groups attached to an aromatic ring is 1. The van der Waals surface area contributed by atoms with Gasteiger partial charge in [0.15, 0.2) is 5.82 Å². The van der Waals surface area contributed by atoms with E-state index in [1.165, 1.54) is 0 Å². The summed E-state index contributed by atoms with van der Waals surface area (Å²) >= 11 is 3.42.